The summed E-state index contributed by atoms with van der Waals surface area (Å²) in [5.74, 6) is -0.579. The van der Waals surface area contributed by atoms with E-state index in [2.05, 4.69) is 9.89 Å². The Balaban J connectivity index is 1.50. The Hall–Kier alpha value is -1.72. The van der Waals surface area contributed by atoms with Crippen LogP contribution in [-0.4, -0.2) is 87.5 Å². The molecule has 0 aromatic carbocycles. The van der Waals surface area contributed by atoms with Crippen molar-refractivity contribution in [2.24, 2.45) is 21.7 Å². The number of carbonyl (C=O) groups excluding carboxylic acids is 3. The van der Waals surface area contributed by atoms with Gasteiger partial charge < -0.3 is 19.5 Å². The fourth-order valence-corrected chi connectivity index (χ4v) is 7.13. The summed E-state index contributed by atoms with van der Waals surface area (Å²) >= 11 is 3.36. The van der Waals surface area contributed by atoms with Crippen molar-refractivity contribution in [1.29, 1.82) is 0 Å². The third kappa shape index (κ3) is 4.13. The zero-order valence-electron chi connectivity index (χ0n) is 20.5. The molecule has 0 spiro atoms. The van der Waals surface area contributed by atoms with Crippen LogP contribution in [0.3, 0.4) is 0 Å². The first kappa shape index (κ1) is 25.4. The number of ether oxygens (including phenoxy) is 2. The van der Waals surface area contributed by atoms with Gasteiger partial charge in [-0.25, -0.2) is 4.79 Å². The molecule has 4 aliphatic rings. The number of rotatable bonds is 6. The number of esters is 2. The number of aliphatic hydroxyl groups excluding tert-OH is 1. The predicted octanol–water partition coefficient (Wildman–Crippen LogP) is 2.06. The molecule has 1 amide bonds. The molecule has 0 aromatic rings. The Morgan fingerprint density at radius 3 is 2.56 bits per heavy atom. The van der Waals surface area contributed by atoms with Crippen molar-refractivity contribution in [3.05, 3.63) is 10.6 Å². The number of thioether (sulfide) groups is 2. The van der Waals surface area contributed by atoms with Crippen LogP contribution in [0.2, 0.25) is 0 Å². The largest absolute Gasteiger partial charge is 0.427 e. The third-order valence-corrected chi connectivity index (χ3v) is 9.45. The summed E-state index contributed by atoms with van der Waals surface area (Å²) in [4.78, 5) is 47.3. The SMILES string of the molecule is C[C@H]1C(SC2CN(C3=NCCS3)C2)=C(C(=O)OCOC(=O)C(C)(C)C)N2C(=O)[C@](C)([C@@H](C)O)[C@@H]12. The lowest BCUT2D eigenvalue weighted by molar-refractivity contribution is -0.185. The van der Waals surface area contributed by atoms with Crippen molar-refractivity contribution >= 4 is 46.5 Å². The van der Waals surface area contributed by atoms with Gasteiger partial charge in [0, 0.05) is 34.9 Å². The molecule has 4 heterocycles. The molecule has 4 atom stereocenters. The van der Waals surface area contributed by atoms with Crippen LogP contribution in [0, 0.1) is 16.7 Å². The molecule has 0 saturated carbocycles. The molecule has 0 radical (unpaired) electrons. The maximum Gasteiger partial charge on any atom is 0.358 e. The van der Waals surface area contributed by atoms with E-state index in [1.165, 1.54) is 4.90 Å². The highest BCUT2D eigenvalue weighted by atomic mass is 32.2. The monoisotopic (exact) mass is 511 g/mol. The second kappa shape index (κ2) is 9.05. The first-order valence-electron chi connectivity index (χ1n) is 11.6. The standard InChI is InChI=1S/C23H33N3O6S2/c1-12-16(34-14-9-25(10-14)21-24-7-8-33-21)15(18(28)31-11-32-20(30)22(3,4)5)26-17(12)23(6,13(2)27)19(26)29/h12-14,17,27H,7-11H2,1-6H3/t12-,13+,17+,23+/m0/s1. The van der Waals surface area contributed by atoms with Gasteiger partial charge in [-0.1, -0.05) is 18.7 Å². The number of aliphatic hydroxyl groups is 1. The van der Waals surface area contributed by atoms with Gasteiger partial charge in [0.25, 0.3) is 0 Å². The first-order chi connectivity index (χ1) is 15.9. The summed E-state index contributed by atoms with van der Waals surface area (Å²) in [6.45, 7) is 12.5. The third-order valence-electron chi connectivity index (χ3n) is 6.97. The second-order valence-corrected chi connectivity index (χ2v) is 12.9. The summed E-state index contributed by atoms with van der Waals surface area (Å²) in [6.07, 6.45) is -0.852. The highest BCUT2D eigenvalue weighted by molar-refractivity contribution is 8.14. The van der Waals surface area contributed by atoms with Gasteiger partial charge in [-0.05, 0) is 34.6 Å². The van der Waals surface area contributed by atoms with E-state index in [-0.39, 0.29) is 28.8 Å². The van der Waals surface area contributed by atoms with Crippen LogP contribution in [0.25, 0.3) is 0 Å². The first-order valence-corrected chi connectivity index (χ1v) is 13.4. The topological polar surface area (TPSA) is 109 Å². The smallest absolute Gasteiger partial charge is 0.358 e. The van der Waals surface area contributed by atoms with Crippen molar-refractivity contribution in [2.45, 2.75) is 58.9 Å². The molecule has 188 valence electrons. The van der Waals surface area contributed by atoms with Crippen molar-refractivity contribution in [2.75, 3.05) is 32.2 Å². The lowest BCUT2D eigenvalue weighted by Crippen LogP contribution is -2.71. The van der Waals surface area contributed by atoms with Crippen LogP contribution in [0.5, 0.6) is 0 Å². The number of hydrogen-bond donors (Lipinski definition) is 1. The van der Waals surface area contributed by atoms with E-state index in [0.717, 1.165) is 35.5 Å². The number of carbonyl (C=O) groups is 3. The molecule has 4 aliphatic heterocycles. The Morgan fingerprint density at radius 2 is 2.00 bits per heavy atom. The van der Waals surface area contributed by atoms with E-state index in [1.54, 1.807) is 58.1 Å². The lowest BCUT2D eigenvalue weighted by atomic mass is 9.66. The summed E-state index contributed by atoms with van der Waals surface area (Å²) < 4.78 is 10.4. The number of nitrogens with zero attached hydrogens (tertiary/aromatic N) is 3. The second-order valence-electron chi connectivity index (χ2n) is 10.5. The average molecular weight is 512 g/mol. The van der Waals surface area contributed by atoms with E-state index in [9.17, 15) is 19.5 Å². The van der Waals surface area contributed by atoms with Crippen molar-refractivity contribution in [3.8, 4) is 0 Å². The van der Waals surface area contributed by atoms with Crippen LogP contribution in [0.1, 0.15) is 41.5 Å². The molecule has 2 saturated heterocycles. The Morgan fingerprint density at radius 1 is 1.32 bits per heavy atom. The van der Waals surface area contributed by atoms with Crippen molar-refractivity contribution in [3.63, 3.8) is 0 Å². The molecule has 1 N–H and O–H groups in total. The van der Waals surface area contributed by atoms with Crippen LogP contribution < -0.4 is 0 Å². The predicted molar refractivity (Wildman–Crippen MR) is 131 cm³/mol. The van der Waals surface area contributed by atoms with Gasteiger partial charge in [-0.2, -0.15) is 0 Å². The van der Waals surface area contributed by atoms with Crippen LogP contribution in [-0.2, 0) is 23.9 Å². The summed E-state index contributed by atoms with van der Waals surface area (Å²) in [7, 11) is 0. The summed E-state index contributed by atoms with van der Waals surface area (Å²) in [5.41, 5.74) is -1.47. The molecule has 11 heteroatoms. The number of aliphatic imine (C=N–C) groups is 1. The lowest BCUT2D eigenvalue weighted by Gasteiger charge is -2.54. The molecule has 0 unspecified atom stereocenters. The fourth-order valence-electron chi connectivity index (χ4n) is 4.75. The zero-order valence-corrected chi connectivity index (χ0v) is 22.1. The van der Waals surface area contributed by atoms with Crippen molar-refractivity contribution in [1.82, 2.24) is 9.80 Å². The molecular formula is C23H33N3O6S2. The molecule has 0 aliphatic carbocycles. The van der Waals surface area contributed by atoms with Gasteiger partial charge in [-0.3, -0.25) is 19.5 Å². The molecule has 9 nitrogen and oxygen atoms in total. The highest BCUT2D eigenvalue weighted by Gasteiger charge is 2.67. The van der Waals surface area contributed by atoms with E-state index >= 15 is 0 Å². The van der Waals surface area contributed by atoms with E-state index in [0.29, 0.717) is 0 Å². The van der Waals surface area contributed by atoms with Crippen LogP contribution >= 0.6 is 23.5 Å². The molecule has 0 aromatic heterocycles. The van der Waals surface area contributed by atoms with Gasteiger partial charge in [-0.15, -0.1) is 11.8 Å². The molecular weight excluding hydrogens is 478 g/mol. The van der Waals surface area contributed by atoms with Gasteiger partial charge in [0.1, 0.15) is 5.70 Å². The Labute approximate surface area is 208 Å². The Bertz CT molecular complexity index is 953. The zero-order chi connectivity index (χ0) is 25.0. The van der Waals surface area contributed by atoms with E-state index in [4.69, 9.17) is 9.47 Å². The minimum absolute atomic E-state index is 0.130. The summed E-state index contributed by atoms with van der Waals surface area (Å²) in [6, 6.07) is -0.326. The highest BCUT2D eigenvalue weighted by Crippen LogP contribution is 2.57. The van der Waals surface area contributed by atoms with Crippen LogP contribution in [0.4, 0.5) is 0 Å². The normalized spacial score (nSPS) is 30.0. The average Bonchev–Trinajstić information content (AvgIpc) is 3.34. The number of likely N-dealkylation sites (tertiary alicyclic amines) is 1. The van der Waals surface area contributed by atoms with E-state index < -0.39 is 35.7 Å². The number of amides is 1. The quantitative estimate of drug-likeness (QED) is 0.326. The number of β-lactam (4-membered cyclic amide) rings is 1. The number of hydrogen-bond acceptors (Lipinski definition) is 10. The maximum atomic E-state index is 13.1. The number of amidine groups is 1. The van der Waals surface area contributed by atoms with Gasteiger partial charge in [0.05, 0.1) is 29.5 Å². The molecule has 4 rings (SSSR count). The van der Waals surface area contributed by atoms with Gasteiger partial charge in [0.2, 0.25) is 12.7 Å². The minimum atomic E-state index is -0.965. The maximum absolute atomic E-state index is 13.1. The van der Waals surface area contributed by atoms with Gasteiger partial charge in [0.15, 0.2) is 5.17 Å². The minimum Gasteiger partial charge on any atom is -0.427 e. The number of fused-ring (bicyclic) bond motifs is 1. The molecule has 0 bridgehead atoms. The van der Waals surface area contributed by atoms with Crippen molar-refractivity contribution < 1.29 is 29.0 Å². The summed E-state index contributed by atoms with van der Waals surface area (Å²) in [5, 5.41) is 11.7. The van der Waals surface area contributed by atoms with E-state index in [1.807, 2.05) is 6.92 Å². The van der Waals surface area contributed by atoms with Gasteiger partial charge >= 0.3 is 11.9 Å². The molecule has 34 heavy (non-hydrogen) atoms. The Kier molecular flexibility index (Phi) is 6.76. The fraction of sp³-hybridized carbons (Fsp3) is 0.739. The molecule has 2 fully saturated rings. The van der Waals surface area contributed by atoms with Crippen LogP contribution in [0.15, 0.2) is 15.6 Å².